The van der Waals surface area contributed by atoms with E-state index in [0.717, 1.165) is 18.5 Å². The fourth-order valence-electron chi connectivity index (χ4n) is 2.66. The van der Waals surface area contributed by atoms with Gasteiger partial charge in [-0.2, -0.15) is 0 Å². The Bertz CT molecular complexity index is 846. The van der Waals surface area contributed by atoms with Crippen LogP contribution < -0.4 is 10.1 Å². The van der Waals surface area contributed by atoms with Crippen LogP contribution in [0.25, 0.3) is 12.2 Å². The minimum Gasteiger partial charge on any atom is -0.475 e. The number of hydrogen-bond acceptors (Lipinski definition) is 6. The van der Waals surface area contributed by atoms with E-state index in [-0.39, 0.29) is 6.04 Å². The molecular formula is C21H24ClN3O3. The zero-order valence-electron chi connectivity index (χ0n) is 16.2. The summed E-state index contributed by atoms with van der Waals surface area (Å²) < 4.78 is 11.5. The molecule has 0 bridgehead atoms. The lowest BCUT2D eigenvalue weighted by Gasteiger charge is -2.35. The Labute approximate surface area is 169 Å². The number of nitrogens with one attached hydrogen (secondary N) is 1. The van der Waals surface area contributed by atoms with Crippen molar-refractivity contribution >= 4 is 29.7 Å². The average molecular weight is 402 g/mol. The highest BCUT2D eigenvalue weighted by atomic mass is 35.5. The smallest absolute Gasteiger partial charge is 0.349 e. The van der Waals surface area contributed by atoms with E-state index in [1.165, 1.54) is 6.20 Å². The molecule has 0 aliphatic carbocycles. The quantitative estimate of drug-likeness (QED) is 0.587. The molecule has 0 aromatic carbocycles. The molecule has 1 fully saturated rings. The molecule has 0 radical (unpaired) electrons. The van der Waals surface area contributed by atoms with E-state index in [0.29, 0.717) is 16.5 Å². The van der Waals surface area contributed by atoms with Gasteiger partial charge >= 0.3 is 5.97 Å². The third kappa shape index (κ3) is 5.53. The Morgan fingerprint density at radius 1 is 1.32 bits per heavy atom. The van der Waals surface area contributed by atoms with Crippen molar-refractivity contribution in [2.24, 2.45) is 0 Å². The van der Waals surface area contributed by atoms with Gasteiger partial charge in [-0.3, -0.25) is 4.98 Å². The Morgan fingerprint density at radius 3 is 2.64 bits per heavy atom. The van der Waals surface area contributed by atoms with Gasteiger partial charge in [0.05, 0.1) is 12.2 Å². The Morgan fingerprint density at radius 2 is 2.04 bits per heavy atom. The van der Waals surface area contributed by atoms with Crippen LogP contribution in [0.3, 0.4) is 0 Å². The lowest BCUT2D eigenvalue weighted by Crippen LogP contribution is -2.57. The van der Waals surface area contributed by atoms with E-state index in [1.54, 1.807) is 18.5 Å². The molecule has 1 N–H and O–H groups in total. The van der Waals surface area contributed by atoms with Gasteiger partial charge in [-0.1, -0.05) is 23.8 Å². The molecule has 0 saturated carbocycles. The van der Waals surface area contributed by atoms with Crippen LogP contribution in [0, 0.1) is 0 Å². The number of aromatic nitrogens is 2. The molecule has 7 heteroatoms. The number of ether oxygens (including phenoxy) is 2. The Kier molecular flexibility index (Phi) is 6.31. The molecule has 0 amide bonds. The van der Waals surface area contributed by atoms with Crippen LogP contribution in [0.15, 0.2) is 36.8 Å². The van der Waals surface area contributed by atoms with Gasteiger partial charge in [0.25, 0.3) is 0 Å². The first-order valence-electron chi connectivity index (χ1n) is 9.18. The molecule has 6 nitrogen and oxygen atoms in total. The topological polar surface area (TPSA) is 73.3 Å². The zero-order valence-corrected chi connectivity index (χ0v) is 16.9. The molecule has 1 saturated heterocycles. The molecule has 1 aliphatic heterocycles. The summed E-state index contributed by atoms with van der Waals surface area (Å²) in [5.41, 5.74) is 1.10. The van der Waals surface area contributed by atoms with Crippen LogP contribution in [0.5, 0.6) is 5.75 Å². The van der Waals surface area contributed by atoms with Crippen molar-refractivity contribution in [1.82, 2.24) is 15.3 Å². The van der Waals surface area contributed by atoms with Gasteiger partial charge in [0.15, 0.2) is 0 Å². The van der Waals surface area contributed by atoms with Gasteiger partial charge in [-0.15, -0.1) is 0 Å². The lowest BCUT2D eigenvalue weighted by atomic mass is 10.0. The van der Waals surface area contributed by atoms with Crippen LogP contribution in [0.4, 0.5) is 0 Å². The van der Waals surface area contributed by atoms with E-state index < -0.39 is 17.7 Å². The largest absolute Gasteiger partial charge is 0.475 e. The molecular weight excluding hydrogens is 378 g/mol. The number of pyridine rings is 2. The predicted molar refractivity (Wildman–Crippen MR) is 109 cm³/mol. The van der Waals surface area contributed by atoms with E-state index >= 15 is 0 Å². The van der Waals surface area contributed by atoms with Crippen molar-refractivity contribution in [3.63, 3.8) is 0 Å². The highest BCUT2D eigenvalue weighted by molar-refractivity contribution is 6.31. The van der Waals surface area contributed by atoms with Crippen molar-refractivity contribution in [1.29, 1.82) is 0 Å². The van der Waals surface area contributed by atoms with Crippen LogP contribution >= 0.6 is 11.6 Å². The number of carbonyl (C=O) groups excluding carboxylic acids is 1. The standard InChI is InChI=1S/C21H24ClN3O3/c1-21(2,3)28-20(26)18(17-8-11-24-17)27-16-12-15(19(22)25-13-16)5-4-14-6-9-23-10-7-14/h4-7,9-10,12-13,17-18,24H,8,11H2,1-3H3/t17-,18?/m0/s1. The lowest BCUT2D eigenvalue weighted by molar-refractivity contribution is -0.165. The maximum absolute atomic E-state index is 12.6. The van der Waals surface area contributed by atoms with E-state index in [2.05, 4.69) is 15.3 Å². The fraction of sp³-hybridized carbons (Fsp3) is 0.381. The summed E-state index contributed by atoms with van der Waals surface area (Å²) in [5.74, 6) is 0.0665. The second kappa shape index (κ2) is 8.71. The normalized spacial score (nSPS) is 17.8. The van der Waals surface area contributed by atoms with E-state index in [9.17, 15) is 4.79 Å². The summed E-state index contributed by atoms with van der Waals surface area (Å²) in [6.45, 7) is 6.36. The number of nitrogens with zero attached hydrogens (tertiary/aromatic N) is 2. The number of rotatable bonds is 6. The average Bonchev–Trinajstić information content (AvgIpc) is 2.59. The number of carbonyl (C=O) groups is 1. The molecule has 1 unspecified atom stereocenters. The van der Waals surface area contributed by atoms with Gasteiger partial charge in [0.1, 0.15) is 16.5 Å². The summed E-state index contributed by atoms with van der Waals surface area (Å²) in [5, 5.41) is 3.57. The fourth-order valence-corrected chi connectivity index (χ4v) is 2.82. The number of halogens is 1. The third-order valence-corrected chi connectivity index (χ3v) is 4.45. The maximum Gasteiger partial charge on any atom is 0.349 e. The van der Waals surface area contributed by atoms with E-state index in [4.69, 9.17) is 21.1 Å². The molecule has 2 atom stereocenters. The minimum absolute atomic E-state index is 0.0821. The molecule has 1 aliphatic rings. The monoisotopic (exact) mass is 401 g/mol. The highest BCUT2D eigenvalue weighted by Crippen LogP contribution is 2.25. The molecule has 28 heavy (non-hydrogen) atoms. The summed E-state index contributed by atoms with van der Waals surface area (Å²) in [6, 6.07) is 5.46. The van der Waals surface area contributed by atoms with Crippen molar-refractivity contribution in [2.45, 2.75) is 44.9 Å². The van der Waals surface area contributed by atoms with Crippen molar-refractivity contribution < 1.29 is 14.3 Å². The second-order valence-electron chi connectivity index (χ2n) is 7.59. The van der Waals surface area contributed by atoms with Gasteiger partial charge in [0.2, 0.25) is 6.10 Å². The summed E-state index contributed by atoms with van der Waals surface area (Å²) in [7, 11) is 0. The van der Waals surface area contributed by atoms with E-state index in [1.807, 2.05) is 45.1 Å². The second-order valence-corrected chi connectivity index (χ2v) is 7.94. The molecule has 3 rings (SSSR count). The van der Waals surface area contributed by atoms with Crippen LogP contribution in [-0.2, 0) is 9.53 Å². The first-order valence-corrected chi connectivity index (χ1v) is 9.56. The molecule has 2 aromatic rings. The maximum atomic E-state index is 12.6. The van der Waals surface area contributed by atoms with Crippen LogP contribution in [-0.4, -0.2) is 40.2 Å². The molecule has 0 spiro atoms. The summed E-state index contributed by atoms with van der Waals surface area (Å²) >= 11 is 6.22. The minimum atomic E-state index is -0.743. The molecule has 2 aromatic heterocycles. The first-order chi connectivity index (χ1) is 13.3. The van der Waals surface area contributed by atoms with Crippen molar-refractivity contribution in [3.05, 3.63) is 53.1 Å². The molecule has 148 valence electrons. The summed E-state index contributed by atoms with van der Waals surface area (Å²) in [6.07, 6.45) is 8.82. The predicted octanol–water partition coefficient (Wildman–Crippen LogP) is 3.75. The van der Waals surface area contributed by atoms with Crippen molar-refractivity contribution in [2.75, 3.05) is 6.54 Å². The van der Waals surface area contributed by atoms with Gasteiger partial charge in [-0.25, -0.2) is 9.78 Å². The van der Waals surface area contributed by atoms with Gasteiger partial charge in [-0.05, 0) is 57.5 Å². The number of hydrogen-bond donors (Lipinski definition) is 1. The van der Waals surface area contributed by atoms with Crippen molar-refractivity contribution in [3.8, 4) is 5.75 Å². The first kappa shape index (κ1) is 20.3. The zero-order chi connectivity index (χ0) is 20.1. The summed E-state index contributed by atoms with van der Waals surface area (Å²) in [4.78, 5) is 20.8. The van der Waals surface area contributed by atoms with Crippen LogP contribution in [0.1, 0.15) is 38.3 Å². The SMILES string of the molecule is CC(C)(C)OC(=O)C(Oc1cnc(Cl)c(C=Cc2ccncc2)c1)[C@@H]1CCN1. The number of esters is 1. The Hall–Kier alpha value is -2.44. The van der Waals surface area contributed by atoms with Crippen LogP contribution in [0.2, 0.25) is 5.15 Å². The molecule has 3 heterocycles. The third-order valence-electron chi connectivity index (χ3n) is 4.13. The highest BCUT2D eigenvalue weighted by Gasteiger charge is 2.37. The Balaban J connectivity index is 1.78. The van der Waals surface area contributed by atoms with Gasteiger partial charge in [0, 0.05) is 18.0 Å². The van der Waals surface area contributed by atoms with Gasteiger partial charge < -0.3 is 14.8 Å².